The summed E-state index contributed by atoms with van der Waals surface area (Å²) in [6.45, 7) is 9.67. The van der Waals surface area contributed by atoms with Gasteiger partial charge in [-0.15, -0.1) is 0 Å². The van der Waals surface area contributed by atoms with Crippen LogP contribution in [0.3, 0.4) is 0 Å². The standard InChI is InChI=1S/C13H26N2/c1-10-5-4-8-15(12(10)3)11(2)9-14-13-6-7-13/h10-14H,4-9H2,1-3H3. The summed E-state index contributed by atoms with van der Waals surface area (Å²) in [6.07, 6.45) is 5.61. The lowest BCUT2D eigenvalue weighted by Crippen LogP contribution is -2.50. The highest BCUT2D eigenvalue weighted by Crippen LogP contribution is 2.25. The maximum atomic E-state index is 3.65. The van der Waals surface area contributed by atoms with Gasteiger partial charge < -0.3 is 5.32 Å². The molecule has 1 aliphatic carbocycles. The lowest BCUT2D eigenvalue weighted by Gasteiger charge is -2.41. The van der Waals surface area contributed by atoms with E-state index in [1.807, 2.05) is 0 Å². The summed E-state index contributed by atoms with van der Waals surface area (Å²) < 4.78 is 0. The van der Waals surface area contributed by atoms with E-state index in [0.29, 0.717) is 6.04 Å². The van der Waals surface area contributed by atoms with E-state index in [-0.39, 0.29) is 0 Å². The Morgan fingerprint density at radius 2 is 2.00 bits per heavy atom. The van der Waals surface area contributed by atoms with Crippen molar-refractivity contribution < 1.29 is 0 Å². The molecule has 2 rings (SSSR count). The summed E-state index contributed by atoms with van der Waals surface area (Å²) in [4.78, 5) is 2.70. The molecule has 2 nitrogen and oxygen atoms in total. The first-order valence-corrected chi connectivity index (χ1v) is 6.67. The van der Waals surface area contributed by atoms with Crippen molar-refractivity contribution in [2.75, 3.05) is 13.1 Å². The minimum Gasteiger partial charge on any atom is -0.312 e. The Hall–Kier alpha value is -0.0800. The molecule has 1 saturated heterocycles. The van der Waals surface area contributed by atoms with E-state index >= 15 is 0 Å². The molecule has 3 atom stereocenters. The maximum absolute atomic E-state index is 3.65. The molecule has 2 fully saturated rings. The number of hydrogen-bond donors (Lipinski definition) is 1. The molecule has 1 saturated carbocycles. The van der Waals surface area contributed by atoms with Crippen LogP contribution in [0.5, 0.6) is 0 Å². The first-order chi connectivity index (χ1) is 7.18. The van der Waals surface area contributed by atoms with Gasteiger partial charge in [-0.2, -0.15) is 0 Å². The Bertz CT molecular complexity index is 201. The van der Waals surface area contributed by atoms with E-state index in [1.165, 1.54) is 38.8 Å². The van der Waals surface area contributed by atoms with Crippen molar-refractivity contribution in [3.63, 3.8) is 0 Å². The van der Waals surface area contributed by atoms with Gasteiger partial charge in [0.1, 0.15) is 0 Å². The summed E-state index contributed by atoms with van der Waals surface area (Å²) >= 11 is 0. The van der Waals surface area contributed by atoms with Gasteiger partial charge in [0, 0.05) is 24.7 Å². The highest BCUT2D eigenvalue weighted by atomic mass is 15.2. The van der Waals surface area contributed by atoms with E-state index in [9.17, 15) is 0 Å². The Kier molecular flexibility index (Phi) is 3.68. The van der Waals surface area contributed by atoms with Crippen molar-refractivity contribution in [2.45, 2.75) is 64.6 Å². The van der Waals surface area contributed by atoms with Crippen molar-refractivity contribution in [3.8, 4) is 0 Å². The lowest BCUT2D eigenvalue weighted by molar-refractivity contribution is 0.0751. The number of likely N-dealkylation sites (tertiary alicyclic amines) is 1. The number of rotatable bonds is 4. The minimum atomic E-state index is 0.711. The van der Waals surface area contributed by atoms with Crippen LogP contribution >= 0.6 is 0 Å². The number of piperidine rings is 1. The van der Waals surface area contributed by atoms with Crippen LogP contribution in [0, 0.1) is 5.92 Å². The van der Waals surface area contributed by atoms with Crippen molar-refractivity contribution in [1.29, 1.82) is 0 Å². The molecular weight excluding hydrogens is 184 g/mol. The molecule has 0 aromatic rings. The number of nitrogens with zero attached hydrogens (tertiary/aromatic N) is 1. The molecule has 1 N–H and O–H groups in total. The van der Waals surface area contributed by atoms with Crippen LogP contribution in [0.25, 0.3) is 0 Å². The summed E-state index contributed by atoms with van der Waals surface area (Å²) in [6, 6.07) is 2.34. The maximum Gasteiger partial charge on any atom is 0.0195 e. The van der Waals surface area contributed by atoms with Crippen LogP contribution in [0.15, 0.2) is 0 Å². The Labute approximate surface area is 94.4 Å². The van der Waals surface area contributed by atoms with Crippen LogP contribution in [0.1, 0.15) is 46.5 Å². The highest BCUT2D eigenvalue weighted by Gasteiger charge is 2.29. The molecule has 15 heavy (non-hydrogen) atoms. The zero-order valence-corrected chi connectivity index (χ0v) is 10.5. The zero-order valence-electron chi connectivity index (χ0n) is 10.5. The molecule has 1 aliphatic heterocycles. The van der Waals surface area contributed by atoms with Gasteiger partial charge in [0.2, 0.25) is 0 Å². The molecular formula is C13H26N2. The second-order valence-corrected chi connectivity index (χ2v) is 5.63. The first-order valence-electron chi connectivity index (χ1n) is 6.67. The quantitative estimate of drug-likeness (QED) is 0.765. The van der Waals surface area contributed by atoms with Crippen molar-refractivity contribution in [1.82, 2.24) is 10.2 Å². The van der Waals surface area contributed by atoms with Crippen molar-refractivity contribution in [3.05, 3.63) is 0 Å². The Balaban J connectivity index is 1.78. The summed E-state index contributed by atoms with van der Waals surface area (Å²) in [5.41, 5.74) is 0. The zero-order chi connectivity index (χ0) is 10.8. The van der Waals surface area contributed by atoms with Gasteiger partial charge in [-0.1, -0.05) is 6.92 Å². The molecule has 1 heterocycles. The van der Waals surface area contributed by atoms with Gasteiger partial charge >= 0.3 is 0 Å². The van der Waals surface area contributed by atoms with Gasteiger partial charge in [0.15, 0.2) is 0 Å². The third-order valence-electron chi connectivity index (χ3n) is 4.27. The van der Waals surface area contributed by atoms with Crippen molar-refractivity contribution in [2.24, 2.45) is 5.92 Å². The third kappa shape index (κ3) is 2.94. The van der Waals surface area contributed by atoms with Crippen molar-refractivity contribution >= 4 is 0 Å². The fraction of sp³-hybridized carbons (Fsp3) is 1.00. The van der Waals surface area contributed by atoms with Crippen LogP contribution in [0.2, 0.25) is 0 Å². The first kappa shape index (κ1) is 11.4. The largest absolute Gasteiger partial charge is 0.312 e. The molecule has 3 unspecified atom stereocenters. The van der Waals surface area contributed by atoms with Gasteiger partial charge in [0.25, 0.3) is 0 Å². The summed E-state index contributed by atoms with van der Waals surface area (Å²) in [5, 5.41) is 3.65. The molecule has 0 radical (unpaired) electrons. The van der Waals surface area contributed by atoms with E-state index in [2.05, 4.69) is 31.0 Å². The van der Waals surface area contributed by atoms with Crippen LogP contribution in [-0.2, 0) is 0 Å². The van der Waals surface area contributed by atoms with Crippen LogP contribution in [-0.4, -0.2) is 36.1 Å². The second kappa shape index (κ2) is 4.84. The summed E-state index contributed by atoms with van der Waals surface area (Å²) in [5.74, 6) is 0.877. The average molecular weight is 210 g/mol. The molecule has 0 aromatic heterocycles. The Morgan fingerprint density at radius 1 is 1.27 bits per heavy atom. The third-order valence-corrected chi connectivity index (χ3v) is 4.27. The SMILES string of the molecule is CC1CCCN(C(C)CNC2CC2)C1C. The van der Waals surface area contributed by atoms with Gasteiger partial charge in [-0.25, -0.2) is 0 Å². The minimum absolute atomic E-state index is 0.711. The highest BCUT2D eigenvalue weighted by molar-refractivity contribution is 4.86. The molecule has 88 valence electrons. The fourth-order valence-electron chi connectivity index (χ4n) is 2.73. The average Bonchev–Trinajstić information content (AvgIpc) is 3.02. The molecule has 2 aliphatic rings. The predicted molar refractivity (Wildman–Crippen MR) is 65.1 cm³/mol. The second-order valence-electron chi connectivity index (χ2n) is 5.63. The lowest BCUT2D eigenvalue weighted by atomic mass is 9.91. The normalized spacial score (nSPS) is 35.4. The molecule has 0 spiro atoms. The van der Waals surface area contributed by atoms with E-state index < -0.39 is 0 Å². The van der Waals surface area contributed by atoms with Crippen LogP contribution < -0.4 is 5.32 Å². The predicted octanol–water partition coefficient (Wildman–Crippen LogP) is 2.25. The van der Waals surface area contributed by atoms with E-state index in [0.717, 1.165) is 18.0 Å². The van der Waals surface area contributed by atoms with Gasteiger partial charge in [0.05, 0.1) is 0 Å². The summed E-state index contributed by atoms with van der Waals surface area (Å²) in [7, 11) is 0. The van der Waals surface area contributed by atoms with Gasteiger partial charge in [-0.3, -0.25) is 4.90 Å². The molecule has 0 aromatic carbocycles. The fourth-order valence-corrected chi connectivity index (χ4v) is 2.73. The smallest absolute Gasteiger partial charge is 0.0195 e. The monoisotopic (exact) mass is 210 g/mol. The topological polar surface area (TPSA) is 15.3 Å². The van der Waals surface area contributed by atoms with Gasteiger partial charge in [-0.05, 0) is 52.0 Å². The van der Waals surface area contributed by atoms with Crippen LogP contribution in [0.4, 0.5) is 0 Å². The number of hydrogen-bond acceptors (Lipinski definition) is 2. The molecule has 0 amide bonds. The van der Waals surface area contributed by atoms with E-state index in [1.54, 1.807) is 0 Å². The Morgan fingerprint density at radius 3 is 2.67 bits per heavy atom. The van der Waals surface area contributed by atoms with E-state index in [4.69, 9.17) is 0 Å². The molecule has 0 bridgehead atoms. The molecule has 2 heteroatoms. The number of nitrogens with one attached hydrogen (secondary N) is 1.